The van der Waals surface area contributed by atoms with Crippen LogP contribution in [0.25, 0.3) is 27.5 Å². The third kappa shape index (κ3) is 23.8. The number of hydrogen-bond donors (Lipinski definition) is 3. The van der Waals surface area contributed by atoms with E-state index in [2.05, 4.69) is 108 Å². The number of amides is 2. The largest absolute Gasteiger partial charge is 0.384 e. The molecule has 6 aromatic rings. The minimum absolute atomic E-state index is 0.0142. The van der Waals surface area contributed by atoms with Crippen molar-refractivity contribution in [3.8, 4) is 21.8 Å². The van der Waals surface area contributed by atoms with Gasteiger partial charge in [-0.3, -0.25) is 28.8 Å². The second-order valence-corrected chi connectivity index (χ2v) is 21.7. The number of nitrogens with zero attached hydrogens (tertiary/aromatic N) is 9. The van der Waals surface area contributed by atoms with Crippen molar-refractivity contribution >= 4 is 104 Å². The van der Waals surface area contributed by atoms with Crippen LogP contribution in [-0.2, 0) is 14.4 Å². The molecule has 452 valence electrons. The highest BCUT2D eigenvalue weighted by molar-refractivity contribution is 7.13. The van der Waals surface area contributed by atoms with Gasteiger partial charge in [-0.1, -0.05) is 91.6 Å². The predicted molar refractivity (Wildman–Crippen MR) is 339 cm³/mol. The number of pyridine rings is 3. The molecule has 18 nitrogen and oxygen atoms in total. The number of carbonyl (C=O) groups excluding carboxylic acids is 6. The van der Waals surface area contributed by atoms with Crippen LogP contribution in [0, 0.1) is 0 Å². The smallest absolute Gasteiger partial charge is 0.225 e. The Hall–Kier alpha value is -6.06. The number of anilines is 3. The van der Waals surface area contributed by atoms with Crippen LogP contribution >= 0.6 is 46.1 Å². The summed E-state index contributed by atoms with van der Waals surface area (Å²) in [4.78, 5) is 96.3. The van der Waals surface area contributed by atoms with Gasteiger partial charge in [0.2, 0.25) is 17.1 Å². The van der Waals surface area contributed by atoms with Gasteiger partial charge >= 0.3 is 0 Å². The molecule has 0 bridgehead atoms. The van der Waals surface area contributed by atoms with Crippen LogP contribution in [0.4, 0.5) is 17.5 Å². The second-order valence-electron chi connectivity index (χ2n) is 19.5. The first-order chi connectivity index (χ1) is 39.6. The third-order valence-electron chi connectivity index (χ3n) is 13.9. The van der Waals surface area contributed by atoms with Crippen LogP contribution in [-0.4, -0.2) is 136 Å². The molecule has 6 rings (SSSR count). The van der Waals surface area contributed by atoms with E-state index < -0.39 is 0 Å². The highest BCUT2D eigenvalue weighted by atomic mass is 35.5. The number of rotatable bonds is 28. The summed E-state index contributed by atoms with van der Waals surface area (Å²) >= 11 is 18.2. The standard InChI is InChI=1S/C27H32N6O2S.C17H26ClN3O2.C14H22ClN3O.C3H5ClO/c1-5-26(35)31-25-16-19(23(34)11-10-18(4)32(6-2)7-3)15-22(29-25)20-17-28-33-13-12-21(30-27(20)33)24-9-8-14-36-24;1-5-17(23)20-16-11-13(10-15(18)19-16)14(22)9-8-12(4)21(6-2)7-3;1-4-18(5-2)10(3)6-7-12(19)11-8-13(15)17-14(16)9-11;1-2-3(4)5/h8-9,12-18H,5-7,10-11H2,1-4H3,(H,29,31,35);10-12H,5-9H2,1-4H3,(H,19,20,23);8-10H,4-7H2,1-3H3,(H2,16,17);2H2,1H3/t18-;12-;10-;/m000./s1. The lowest BCUT2D eigenvalue weighted by Gasteiger charge is -2.26. The van der Waals surface area contributed by atoms with Gasteiger partial charge in [0.25, 0.3) is 0 Å². The Morgan fingerprint density at radius 2 is 1.01 bits per heavy atom. The summed E-state index contributed by atoms with van der Waals surface area (Å²) < 4.78 is 1.69. The van der Waals surface area contributed by atoms with Crippen molar-refractivity contribution < 1.29 is 28.8 Å². The van der Waals surface area contributed by atoms with Gasteiger partial charge in [-0.05, 0) is 145 Å². The number of fused-ring (bicyclic) bond motifs is 1. The van der Waals surface area contributed by atoms with Gasteiger partial charge in [-0.15, -0.1) is 11.3 Å². The number of nitrogens with one attached hydrogen (secondary N) is 2. The average molecular weight is 1220 g/mol. The van der Waals surface area contributed by atoms with Crippen LogP contribution in [0.3, 0.4) is 0 Å². The van der Waals surface area contributed by atoms with Gasteiger partial charge in [-0.2, -0.15) is 5.10 Å². The molecule has 83 heavy (non-hydrogen) atoms. The lowest BCUT2D eigenvalue weighted by molar-refractivity contribution is -0.116. The van der Waals surface area contributed by atoms with Gasteiger partial charge < -0.3 is 31.1 Å². The summed E-state index contributed by atoms with van der Waals surface area (Å²) in [6, 6.07) is 16.7. The molecular formula is C61H85Cl3N12O6S. The minimum Gasteiger partial charge on any atom is -0.384 e. The number of aromatic nitrogens is 6. The van der Waals surface area contributed by atoms with E-state index in [1.807, 2.05) is 29.8 Å². The number of hydrogen-bond acceptors (Lipinski definition) is 16. The zero-order valence-corrected chi connectivity index (χ0v) is 53.4. The Kier molecular flexibility index (Phi) is 32.0. The van der Waals surface area contributed by atoms with Gasteiger partial charge in [0.1, 0.15) is 27.8 Å². The van der Waals surface area contributed by atoms with Crippen molar-refractivity contribution in [1.82, 2.24) is 44.2 Å². The summed E-state index contributed by atoms with van der Waals surface area (Å²) in [5, 5.41) is 12.1. The highest BCUT2D eigenvalue weighted by Crippen LogP contribution is 2.29. The molecule has 6 heterocycles. The second kappa shape index (κ2) is 37.3. The van der Waals surface area contributed by atoms with E-state index in [9.17, 15) is 28.8 Å². The monoisotopic (exact) mass is 1220 g/mol. The van der Waals surface area contributed by atoms with Crippen molar-refractivity contribution in [1.29, 1.82) is 0 Å². The maximum atomic E-state index is 13.3. The van der Waals surface area contributed by atoms with E-state index in [4.69, 9.17) is 45.5 Å². The number of thiophene rings is 1. The summed E-state index contributed by atoms with van der Waals surface area (Å²) in [5.41, 5.74) is 9.88. The molecule has 0 aliphatic carbocycles. The molecular weight excluding hydrogens is 1140 g/mol. The van der Waals surface area contributed by atoms with Gasteiger partial charge in [0, 0.05) is 79.5 Å². The molecule has 3 atom stereocenters. The zero-order valence-electron chi connectivity index (χ0n) is 50.4. The first kappa shape index (κ1) is 71.2. The van der Waals surface area contributed by atoms with E-state index in [-0.39, 0.29) is 50.5 Å². The number of carbonyl (C=O) groups is 6. The van der Waals surface area contributed by atoms with Crippen molar-refractivity contribution in [3.63, 3.8) is 0 Å². The van der Waals surface area contributed by atoms with E-state index >= 15 is 0 Å². The Morgan fingerprint density at radius 1 is 0.578 bits per heavy atom. The fraction of sp³-hybridized carbons (Fsp3) is 0.492. The normalized spacial score (nSPS) is 12.1. The van der Waals surface area contributed by atoms with E-state index in [1.54, 1.807) is 79.2 Å². The molecule has 0 aromatic carbocycles. The van der Waals surface area contributed by atoms with Crippen LogP contribution in [0.2, 0.25) is 10.3 Å². The molecule has 0 saturated heterocycles. The molecule has 6 aromatic heterocycles. The predicted octanol–water partition coefficient (Wildman–Crippen LogP) is 13.5. The molecule has 22 heteroatoms. The third-order valence-corrected chi connectivity index (χ3v) is 15.5. The number of nitrogens with two attached hydrogens (primary N) is 1. The molecule has 0 unspecified atom stereocenters. The van der Waals surface area contributed by atoms with Crippen LogP contribution in [0.15, 0.2) is 72.4 Å². The lowest BCUT2D eigenvalue weighted by atomic mass is 10.0. The van der Waals surface area contributed by atoms with Crippen LogP contribution in [0.1, 0.15) is 172 Å². The summed E-state index contributed by atoms with van der Waals surface area (Å²) in [6.45, 7) is 30.3. The number of ketones is 3. The van der Waals surface area contributed by atoms with E-state index in [0.717, 1.165) is 69.1 Å². The summed E-state index contributed by atoms with van der Waals surface area (Å²) in [7, 11) is 0. The first-order valence-electron chi connectivity index (χ1n) is 28.7. The van der Waals surface area contributed by atoms with Gasteiger partial charge in [0.15, 0.2) is 23.0 Å². The quantitative estimate of drug-likeness (QED) is 0.0236. The molecule has 0 radical (unpaired) electrons. The Morgan fingerprint density at radius 3 is 1.42 bits per heavy atom. The molecule has 0 spiro atoms. The van der Waals surface area contributed by atoms with Crippen molar-refractivity contribution in [2.24, 2.45) is 0 Å². The Bertz CT molecular complexity index is 3000. The summed E-state index contributed by atoms with van der Waals surface area (Å²) in [6.07, 6.45) is 8.40. The molecule has 0 saturated carbocycles. The minimum atomic E-state index is -0.273. The van der Waals surface area contributed by atoms with Crippen LogP contribution in [0.5, 0.6) is 0 Å². The van der Waals surface area contributed by atoms with E-state index in [1.165, 1.54) is 0 Å². The molecule has 2 amide bonds. The van der Waals surface area contributed by atoms with Gasteiger partial charge in [-0.25, -0.2) is 24.5 Å². The number of nitrogen functional groups attached to an aromatic ring is 1. The van der Waals surface area contributed by atoms with Crippen molar-refractivity contribution in [2.45, 2.75) is 159 Å². The van der Waals surface area contributed by atoms with Crippen molar-refractivity contribution in [2.75, 3.05) is 55.6 Å². The maximum absolute atomic E-state index is 13.3. The SMILES string of the molecule is CCC(=O)Cl.CCC(=O)Nc1cc(C(=O)CC[C@H](C)N(CC)CC)cc(-c2cnn3ccc(-c4cccs4)nc23)n1.CCC(=O)Nc1cc(C(=O)CC[C@H](C)N(CC)CC)cc(Cl)n1.CCN(CC)[C@@H](C)CCC(=O)c1cc(N)nc(Cl)c1. The average Bonchev–Trinajstić information content (AvgIpc) is 4.41. The summed E-state index contributed by atoms with van der Waals surface area (Å²) in [5.74, 6) is 0.744. The number of Topliss-reactive ketones (excluding diaryl/α,β-unsaturated/α-hetero) is 3. The van der Waals surface area contributed by atoms with E-state index in [0.29, 0.717) is 102 Å². The fourth-order valence-electron chi connectivity index (χ4n) is 8.91. The molecule has 0 aliphatic heterocycles. The lowest BCUT2D eigenvalue weighted by Crippen LogP contribution is -2.33. The molecule has 0 fully saturated rings. The highest BCUT2D eigenvalue weighted by Gasteiger charge is 2.20. The van der Waals surface area contributed by atoms with Crippen LogP contribution < -0.4 is 16.4 Å². The zero-order chi connectivity index (χ0) is 61.8. The Balaban J connectivity index is 0.000000332. The molecule has 4 N–H and O–H groups in total. The first-order valence-corrected chi connectivity index (χ1v) is 30.7. The van der Waals surface area contributed by atoms with Gasteiger partial charge in [0.05, 0.1) is 28.0 Å². The number of halogens is 3. The Labute approximate surface area is 509 Å². The maximum Gasteiger partial charge on any atom is 0.225 e. The fourth-order valence-corrected chi connectivity index (χ4v) is 10.0. The van der Waals surface area contributed by atoms with Crippen molar-refractivity contribution in [3.05, 3.63) is 99.4 Å². The topological polar surface area (TPSA) is 231 Å². The molecule has 0 aliphatic rings.